The maximum Gasteiger partial charge on any atom is 0.188 e. The van der Waals surface area contributed by atoms with Gasteiger partial charge in [0.2, 0.25) is 0 Å². The van der Waals surface area contributed by atoms with Gasteiger partial charge < -0.3 is 11.1 Å². The van der Waals surface area contributed by atoms with Crippen LogP contribution in [0.25, 0.3) is 0 Å². The van der Waals surface area contributed by atoms with Crippen molar-refractivity contribution in [1.82, 2.24) is 15.2 Å². The largest absolute Gasteiger partial charge is 0.379 e. The van der Waals surface area contributed by atoms with Gasteiger partial charge in [0, 0.05) is 7.05 Å². The Balaban J connectivity index is 3.01. The van der Waals surface area contributed by atoms with Crippen LogP contribution in [0.1, 0.15) is 0 Å². The molecule has 0 aliphatic heterocycles. The predicted octanol–water partition coefficient (Wildman–Crippen LogP) is -0.505. The Kier molecular flexibility index (Phi) is 1.44. The molecule has 9 heavy (non-hydrogen) atoms. The van der Waals surface area contributed by atoms with Crippen LogP contribution in [0.15, 0.2) is 6.33 Å². The van der Waals surface area contributed by atoms with Gasteiger partial charge in [-0.1, -0.05) is 0 Å². The van der Waals surface area contributed by atoms with Crippen LogP contribution < -0.4 is 11.1 Å². The van der Waals surface area contributed by atoms with Crippen molar-refractivity contribution in [3.8, 4) is 0 Å². The lowest BCUT2D eigenvalue weighted by Crippen LogP contribution is -2.01. The fourth-order valence-corrected chi connectivity index (χ4v) is 0.478. The van der Waals surface area contributed by atoms with Crippen LogP contribution in [-0.2, 0) is 0 Å². The van der Waals surface area contributed by atoms with Crippen molar-refractivity contribution in [2.75, 3.05) is 18.1 Å². The Labute approximate surface area is 52.3 Å². The van der Waals surface area contributed by atoms with Gasteiger partial charge >= 0.3 is 0 Å². The molecule has 0 unspecified atom stereocenters. The summed E-state index contributed by atoms with van der Waals surface area (Å²) in [5, 5.41) is 9.78. The molecule has 0 saturated carbocycles. The highest BCUT2D eigenvalue weighted by molar-refractivity contribution is 5.53. The van der Waals surface area contributed by atoms with Gasteiger partial charge in [-0.05, 0) is 0 Å². The van der Waals surface area contributed by atoms with E-state index in [-0.39, 0.29) is 0 Å². The van der Waals surface area contributed by atoms with Crippen LogP contribution in [0.3, 0.4) is 0 Å². The number of nitrogens with zero attached hydrogens (tertiary/aromatic N) is 3. The van der Waals surface area contributed by atoms with Crippen molar-refractivity contribution in [2.45, 2.75) is 0 Å². The van der Waals surface area contributed by atoms with Gasteiger partial charge in [-0.2, -0.15) is 0 Å². The van der Waals surface area contributed by atoms with Crippen molar-refractivity contribution in [3.05, 3.63) is 6.33 Å². The average Bonchev–Trinajstić information content (AvgIpc) is 1.89. The zero-order chi connectivity index (χ0) is 6.69. The molecule has 0 amide bonds. The first-order valence-corrected chi connectivity index (χ1v) is 2.45. The van der Waals surface area contributed by atoms with Gasteiger partial charge in [-0.15, -0.1) is 10.2 Å². The maximum atomic E-state index is 5.33. The Morgan fingerprint density at radius 2 is 2.44 bits per heavy atom. The molecular weight excluding hydrogens is 118 g/mol. The van der Waals surface area contributed by atoms with Crippen molar-refractivity contribution >= 4 is 11.6 Å². The summed E-state index contributed by atoms with van der Waals surface area (Å²) in [6, 6.07) is 0. The van der Waals surface area contributed by atoms with Crippen LogP contribution in [0.5, 0.6) is 0 Å². The fraction of sp³-hybridized carbons (Fsp3) is 0.250. The highest BCUT2D eigenvalue weighted by atomic mass is 15.2. The number of nitrogens with one attached hydrogen (secondary N) is 1. The minimum atomic E-state index is 0.319. The summed E-state index contributed by atoms with van der Waals surface area (Å²) in [7, 11) is 1.72. The van der Waals surface area contributed by atoms with E-state index >= 15 is 0 Å². The first-order chi connectivity index (χ1) is 4.34. The molecule has 0 fully saturated rings. The van der Waals surface area contributed by atoms with Gasteiger partial charge in [-0.3, -0.25) is 0 Å². The Morgan fingerprint density at radius 3 is 2.89 bits per heavy atom. The monoisotopic (exact) mass is 125 g/mol. The van der Waals surface area contributed by atoms with Crippen LogP contribution in [0, 0.1) is 0 Å². The van der Waals surface area contributed by atoms with Crippen LogP contribution in [0.2, 0.25) is 0 Å². The molecule has 0 aliphatic carbocycles. The molecule has 0 radical (unpaired) electrons. The molecule has 0 saturated heterocycles. The molecule has 5 heteroatoms. The van der Waals surface area contributed by atoms with Gasteiger partial charge in [0.05, 0.1) is 0 Å². The van der Waals surface area contributed by atoms with Crippen molar-refractivity contribution < 1.29 is 0 Å². The zero-order valence-corrected chi connectivity index (χ0v) is 5.00. The normalized spacial score (nSPS) is 9.00. The van der Waals surface area contributed by atoms with E-state index in [1.54, 1.807) is 7.05 Å². The first-order valence-electron chi connectivity index (χ1n) is 2.45. The fourth-order valence-electron chi connectivity index (χ4n) is 0.478. The lowest BCUT2D eigenvalue weighted by molar-refractivity contribution is 0.981. The second-order valence-corrected chi connectivity index (χ2v) is 1.44. The summed E-state index contributed by atoms with van der Waals surface area (Å²) in [5.74, 6) is 0.880. The topological polar surface area (TPSA) is 76.7 Å². The molecule has 0 aromatic carbocycles. The lowest BCUT2D eigenvalue weighted by atomic mass is 10.6. The number of nitrogen functional groups attached to an aromatic ring is 1. The van der Waals surface area contributed by atoms with Crippen molar-refractivity contribution in [1.29, 1.82) is 0 Å². The van der Waals surface area contributed by atoms with E-state index in [9.17, 15) is 0 Å². The molecule has 3 N–H and O–H groups in total. The molecule has 1 rings (SSSR count). The van der Waals surface area contributed by atoms with E-state index in [4.69, 9.17) is 5.73 Å². The lowest BCUT2D eigenvalue weighted by Gasteiger charge is -1.97. The number of hydrogen-bond donors (Lipinski definition) is 2. The Bertz CT molecular complexity index is 198. The smallest absolute Gasteiger partial charge is 0.188 e. The van der Waals surface area contributed by atoms with Crippen LogP contribution >= 0.6 is 0 Å². The second kappa shape index (κ2) is 2.25. The van der Waals surface area contributed by atoms with Gasteiger partial charge in [-0.25, -0.2) is 4.98 Å². The summed E-state index contributed by atoms with van der Waals surface area (Å²) in [6.07, 6.45) is 1.34. The molecule has 5 nitrogen and oxygen atoms in total. The zero-order valence-electron chi connectivity index (χ0n) is 5.00. The van der Waals surface area contributed by atoms with Crippen LogP contribution in [-0.4, -0.2) is 22.2 Å². The van der Waals surface area contributed by atoms with E-state index in [2.05, 4.69) is 20.5 Å². The Morgan fingerprint density at radius 1 is 1.67 bits per heavy atom. The molecule has 0 bridgehead atoms. The van der Waals surface area contributed by atoms with E-state index < -0.39 is 0 Å². The number of hydrogen-bond acceptors (Lipinski definition) is 5. The van der Waals surface area contributed by atoms with Crippen molar-refractivity contribution in [3.63, 3.8) is 0 Å². The summed E-state index contributed by atoms with van der Waals surface area (Å²) in [4.78, 5) is 3.79. The number of nitrogens with two attached hydrogens (primary N) is 1. The molecule has 1 aromatic rings. The number of anilines is 2. The van der Waals surface area contributed by atoms with Crippen LogP contribution in [0.4, 0.5) is 11.6 Å². The highest BCUT2D eigenvalue weighted by Gasteiger charge is 1.94. The molecular formula is C4H7N5. The maximum absolute atomic E-state index is 5.33. The average molecular weight is 125 g/mol. The third-order valence-corrected chi connectivity index (χ3v) is 0.883. The molecule has 1 aromatic heterocycles. The van der Waals surface area contributed by atoms with E-state index in [0.29, 0.717) is 11.6 Å². The minimum absolute atomic E-state index is 0.319. The quantitative estimate of drug-likeness (QED) is 0.529. The third-order valence-electron chi connectivity index (χ3n) is 0.883. The summed E-state index contributed by atoms with van der Waals surface area (Å²) in [6.45, 7) is 0. The van der Waals surface area contributed by atoms with E-state index in [1.807, 2.05) is 0 Å². The van der Waals surface area contributed by atoms with Gasteiger partial charge in [0.1, 0.15) is 6.33 Å². The van der Waals surface area contributed by atoms with Crippen molar-refractivity contribution in [2.24, 2.45) is 0 Å². The third kappa shape index (κ3) is 1.04. The molecule has 0 aliphatic rings. The SMILES string of the molecule is CNc1ncnnc1N. The number of rotatable bonds is 1. The summed E-state index contributed by atoms with van der Waals surface area (Å²) < 4.78 is 0. The molecule has 1 heterocycles. The minimum Gasteiger partial charge on any atom is -0.379 e. The summed E-state index contributed by atoms with van der Waals surface area (Å²) >= 11 is 0. The Hall–Kier alpha value is -1.39. The summed E-state index contributed by atoms with van der Waals surface area (Å²) in [5.41, 5.74) is 5.33. The molecule has 0 atom stereocenters. The van der Waals surface area contributed by atoms with E-state index in [0.717, 1.165) is 0 Å². The molecule has 0 spiro atoms. The standard InChI is InChI=1S/C4H7N5/c1-6-4-3(5)9-8-2-7-4/h2H,1H3,(H2,5,9)(H,6,7,8). The second-order valence-electron chi connectivity index (χ2n) is 1.44. The first kappa shape index (κ1) is 5.74. The molecule has 48 valence electrons. The van der Waals surface area contributed by atoms with Gasteiger partial charge in [0.25, 0.3) is 0 Å². The van der Waals surface area contributed by atoms with Gasteiger partial charge in [0.15, 0.2) is 11.6 Å². The highest BCUT2D eigenvalue weighted by Crippen LogP contribution is 2.05. The predicted molar refractivity (Wildman–Crippen MR) is 33.8 cm³/mol. The van der Waals surface area contributed by atoms with E-state index in [1.165, 1.54) is 6.33 Å². The number of aromatic nitrogens is 3.